The van der Waals surface area contributed by atoms with Crippen LogP contribution in [0.25, 0.3) is 11.5 Å². The lowest BCUT2D eigenvalue weighted by atomic mass is 10.0. The molecule has 5 nitrogen and oxygen atoms in total. The molecule has 0 N–H and O–H groups in total. The topological polar surface area (TPSA) is 49.6 Å². The summed E-state index contributed by atoms with van der Waals surface area (Å²) in [4.78, 5) is 21.8. The maximum atomic E-state index is 13.0. The number of anilines is 2. The molecule has 35 heavy (non-hydrogen) atoms. The van der Waals surface area contributed by atoms with E-state index < -0.39 is 0 Å². The van der Waals surface area contributed by atoms with Crippen molar-refractivity contribution in [3.63, 3.8) is 0 Å². The highest BCUT2D eigenvalue weighted by atomic mass is 16.4. The fraction of sp³-hybridized carbons (Fsp3) is 0.267. The number of likely N-dealkylation sites (N-methyl/N-ethyl adjacent to an activating group) is 1. The first-order valence-corrected chi connectivity index (χ1v) is 12.3. The SMILES string of the molecule is Cc1oc(-c2ccccc2)nc1CC(=O)N(C)CCCN1c2ccccc2CCc2ccccc21. The van der Waals surface area contributed by atoms with Gasteiger partial charge in [-0.1, -0.05) is 54.6 Å². The van der Waals surface area contributed by atoms with E-state index in [1.165, 1.54) is 22.5 Å². The molecule has 178 valence electrons. The van der Waals surface area contributed by atoms with Crippen molar-refractivity contribution in [2.24, 2.45) is 0 Å². The second-order valence-electron chi connectivity index (χ2n) is 9.14. The lowest BCUT2D eigenvalue weighted by Crippen LogP contribution is -2.31. The quantitative estimate of drug-likeness (QED) is 0.337. The number of oxazole rings is 1. The summed E-state index contributed by atoms with van der Waals surface area (Å²) in [6.45, 7) is 3.41. The van der Waals surface area contributed by atoms with Crippen LogP contribution in [0.15, 0.2) is 83.3 Å². The van der Waals surface area contributed by atoms with Gasteiger partial charge in [-0.15, -0.1) is 0 Å². The first-order valence-electron chi connectivity index (χ1n) is 12.3. The summed E-state index contributed by atoms with van der Waals surface area (Å²) in [5.41, 5.74) is 6.93. The first-order chi connectivity index (χ1) is 17.1. The fourth-order valence-corrected chi connectivity index (χ4v) is 4.78. The van der Waals surface area contributed by atoms with Crippen LogP contribution in [0.4, 0.5) is 11.4 Å². The van der Waals surface area contributed by atoms with Crippen molar-refractivity contribution >= 4 is 17.3 Å². The Labute approximate surface area is 207 Å². The molecule has 0 atom stereocenters. The van der Waals surface area contributed by atoms with E-state index in [0.29, 0.717) is 23.9 Å². The number of hydrogen-bond donors (Lipinski definition) is 0. The molecular weight excluding hydrogens is 434 g/mol. The van der Waals surface area contributed by atoms with E-state index in [-0.39, 0.29) is 12.3 Å². The molecule has 5 rings (SSSR count). The Kier molecular flexibility index (Phi) is 6.66. The van der Waals surface area contributed by atoms with Crippen molar-refractivity contribution in [1.29, 1.82) is 0 Å². The van der Waals surface area contributed by atoms with Gasteiger partial charge in [0.1, 0.15) is 5.76 Å². The van der Waals surface area contributed by atoms with Crippen LogP contribution in [0.2, 0.25) is 0 Å². The maximum absolute atomic E-state index is 13.0. The zero-order valence-corrected chi connectivity index (χ0v) is 20.4. The van der Waals surface area contributed by atoms with Gasteiger partial charge in [0.25, 0.3) is 0 Å². The summed E-state index contributed by atoms with van der Waals surface area (Å²) in [7, 11) is 1.88. The van der Waals surface area contributed by atoms with Crippen LogP contribution in [0.5, 0.6) is 0 Å². The standard InChI is InChI=1S/C30H31N3O2/c1-22-26(31-30(35-22)25-13-4-3-5-14-25)21-29(34)32(2)19-10-20-33-27-15-8-6-11-23(27)17-18-24-12-7-9-16-28(24)33/h3-9,11-16H,10,17-21H2,1-2H3. The van der Waals surface area contributed by atoms with Gasteiger partial charge in [0.05, 0.1) is 12.1 Å². The highest BCUT2D eigenvalue weighted by Crippen LogP contribution is 2.35. The third-order valence-electron chi connectivity index (χ3n) is 6.76. The van der Waals surface area contributed by atoms with Crippen LogP contribution < -0.4 is 4.90 Å². The van der Waals surface area contributed by atoms with E-state index in [0.717, 1.165) is 31.4 Å². The van der Waals surface area contributed by atoms with Crippen LogP contribution in [0.3, 0.4) is 0 Å². The Morgan fingerprint density at radius 3 is 2.17 bits per heavy atom. The molecule has 4 aromatic rings. The Bertz CT molecular complexity index is 1260. The zero-order valence-electron chi connectivity index (χ0n) is 20.4. The number of para-hydroxylation sites is 2. The molecule has 1 aliphatic rings. The van der Waals surface area contributed by atoms with Crippen LogP contribution in [-0.4, -0.2) is 35.9 Å². The molecule has 0 bridgehead atoms. The summed E-state index contributed by atoms with van der Waals surface area (Å²) >= 11 is 0. The average Bonchev–Trinajstić information content (AvgIpc) is 3.17. The number of benzene rings is 3. The van der Waals surface area contributed by atoms with Gasteiger partial charge in [-0.2, -0.15) is 0 Å². The molecule has 0 aliphatic carbocycles. The van der Waals surface area contributed by atoms with Crippen molar-refractivity contribution in [1.82, 2.24) is 9.88 Å². The Hall–Kier alpha value is -3.86. The minimum Gasteiger partial charge on any atom is -0.441 e. The van der Waals surface area contributed by atoms with Crippen LogP contribution in [-0.2, 0) is 24.1 Å². The molecule has 0 saturated carbocycles. The second-order valence-corrected chi connectivity index (χ2v) is 9.14. The third-order valence-corrected chi connectivity index (χ3v) is 6.76. The van der Waals surface area contributed by atoms with Gasteiger partial charge in [0.15, 0.2) is 0 Å². The van der Waals surface area contributed by atoms with E-state index in [1.54, 1.807) is 0 Å². The smallest absolute Gasteiger partial charge is 0.228 e. The number of aryl methyl sites for hydroxylation is 3. The number of nitrogens with zero attached hydrogens (tertiary/aromatic N) is 3. The minimum atomic E-state index is 0.0534. The van der Waals surface area contributed by atoms with Crippen LogP contribution in [0, 0.1) is 6.92 Å². The zero-order chi connectivity index (χ0) is 24.2. The number of carbonyl (C=O) groups is 1. The largest absolute Gasteiger partial charge is 0.441 e. The molecule has 0 spiro atoms. The second kappa shape index (κ2) is 10.2. The highest BCUT2D eigenvalue weighted by molar-refractivity contribution is 5.78. The van der Waals surface area contributed by atoms with Crippen molar-refractivity contribution in [3.8, 4) is 11.5 Å². The van der Waals surface area contributed by atoms with Gasteiger partial charge in [0, 0.05) is 37.1 Å². The number of rotatable bonds is 7. The number of fused-ring (bicyclic) bond motifs is 2. The Morgan fingerprint density at radius 2 is 1.51 bits per heavy atom. The van der Waals surface area contributed by atoms with Crippen molar-refractivity contribution in [2.75, 3.05) is 25.0 Å². The number of hydrogen-bond acceptors (Lipinski definition) is 4. The minimum absolute atomic E-state index is 0.0534. The summed E-state index contributed by atoms with van der Waals surface area (Å²) < 4.78 is 5.83. The molecule has 2 heterocycles. The summed E-state index contributed by atoms with van der Waals surface area (Å²) in [6.07, 6.45) is 3.21. The van der Waals surface area contributed by atoms with Gasteiger partial charge in [0.2, 0.25) is 11.8 Å². The third kappa shape index (κ3) is 4.99. The van der Waals surface area contributed by atoms with E-state index >= 15 is 0 Å². The summed E-state index contributed by atoms with van der Waals surface area (Å²) in [5, 5.41) is 0. The molecule has 3 aromatic carbocycles. The molecule has 0 unspecified atom stereocenters. The van der Waals surface area contributed by atoms with Crippen molar-refractivity contribution < 1.29 is 9.21 Å². The van der Waals surface area contributed by atoms with Crippen molar-refractivity contribution in [2.45, 2.75) is 32.6 Å². The van der Waals surface area contributed by atoms with Crippen LogP contribution >= 0.6 is 0 Å². The Morgan fingerprint density at radius 1 is 0.914 bits per heavy atom. The molecule has 1 aromatic heterocycles. The van der Waals surface area contributed by atoms with Gasteiger partial charge in [-0.3, -0.25) is 4.79 Å². The molecule has 0 radical (unpaired) electrons. The van der Waals surface area contributed by atoms with Gasteiger partial charge >= 0.3 is 0 Å². The number of amides is 1. The first kappa shape index (κ1) is 22.9. The maximum Gasteiger partial charge on any atom is 0.228 e. The molecular formula is C30H31N3O2. The van der Waals surface area contributed by atoms with Gasteiger partial charge in [-0.05, 0) is 61.6 Å². The Balaban J connectivity index is 1.23. The lowest BCUT2D eigenvalue weighted by molar-refractivity contribution is -0.129. The fourth-order valence-electron chi connectivity index (χ4n) is 4.78. The molecule has 5 heteroatoms. The predicted molar refractivity (Wildman–Crippen MR) is 140 cm³/mol. The molecule has 0 fully saturated rings. The normalized spacial score (nSPS) is 12.6. The van der Waals surface area contributed by atoms with E-state index in [2.05, 4.69) is 58.4 Å². The van der Waals surface area contributed by atoms with Crippen molar-refractivity contribution in [3.05, 3.63) is 101 Å². The molecule has 0 saturated heterocycles. The predicted octanol–water partition coefficient (Wildman–Crippen LogP) is 5.98. The monoisotopic (exact) mass is 465 g/mol. The molecule has 1 amide bonds. The summed E-state index contributed by atoms with van der Waals surface area (Å²) in [5.74, 6) is 1.31. The van der Waals surface area contributed by atoms with Gasteiger partial charge < -0.3 is 14.2 Å². The number of aromatic nitrogens is 1. The van der Waals surface area contributed by atoms with E-state index in [4.69, 9.17) is 4.42 Å². The average molecular weight is 466 g/mol. The highest BCUT2D eigenvalue weighted by Gasteiger charge is 2.21. The molecule has 1 aliphatic heterocycles. The summed E-state index contributed by atoms with van der Waals surface area (Å²) in [6, 6.07) is 27.1. The van der Waals surface area contributed by atoms with E-state index in [9.17, 15) is 4.79 Å². The van der Waals surface area contributed by atoms with E-state index in [1.807, 2.05) is 49.2 Å². The number of carbonyl (C=O) groups excluding carboxylic acids is 1. The lowest BCUT2D eigenvalue weighted by Gasteiger charge is -2.28. The van der Waals surface area contributed by atoms with Gasteiger partial charge in [-0.25, -0.2) is 4.98 Å². The van der Waals surface area contributed by atoms with Crippen LogP contribution in [0.1, 0.15) is 29.0 Å².